The third kappa shape index (κ3) is 3.01. The van der Waals surface area contributed by atoms with E-state index in [1.165, 1.54) is 31.4 Å². The Bertz CT molecular complexity index is 110. The van der Waals surface area contributed by atoms with Crippen molar-refractivity contribution in [3.05, 3.63) is 0 Å². The first kappa shape index (κ1) is 10.4. The number of thioether (sulfide) groups is 1. The summed E-state index contributed by atoms with van der Waals surface area (Å²) >= 11 is 2.18. The summed E-state index contributed by atoms with van der Waals surface area (Å²) in [5.41, 5.74) is 0. The molecule has 72 valence electrons. The SMILES string of the molecule is CC.CC1CCC(C2CS2)CC1. The maximum atomic E-state index is 2.40. The minimum Gasteiger partial charge on any atom is -0.156 e. The van der Waals surface area contributed by atoms with Crippen molar-refractivity contribution in [3.63, 3.8) is 0 Å². The van der Waals surface area contributed by atoms with Crippen LogP contribution < -0.4 is 0 Å². The molecule has 0 aromatic rings. The molecule has 0 nitrogen and oxygen atoms in total. The molecule has 2 rings (SSSR count). The Hall–Kier alpha value is 0.350. The van der Waals surface area contributed by atoms with E-state index in [1.807, 2.05) is 13.8 Å². The predicted octanol–water partition coefficient (Wildman–Crippen LogP) is 3.95. The summed E-state index contributed by atoms with van der Waals surface area (Å²) in [4.78, 5) is 0. The van der Waals surface area contributed by atoms with E-state index < -0.39 is 0 Å². The highest BCUT2D eigenvalue weighted by Gasteiger charge is 2.33. The molecule has 1 aliphatic carbocycles. The van der Waals surface area contributed by atoms with Crippen LogP contribution in [0.25, 0.3) is 0 Å². The molecule has 1 saturated carbocycles. The summed E-state index contributed by atoms with van der Waals surface area (Å²) in [6.07, 6.45) is 6.06. The molecule has 1 heteroatoms. The Balaban J connectivity index is 0.000000336. The first-order chi connectivity index (χ1) is 5.86. The van der Waals surface area contributed by atoms with Gasteiger partial charge in [-0.25, -0.2) is 0 Å². The molecule has 12 heavy (non-hydrogen) atoms. The Morgan fingerprint density at radius 3 is 1.92 bits per heavy atom. The van der Waals surface area contributed by atoms with Crippen LogP contribution in [0.2, 0.25) is 0 Å². The molecule has 2 aliphatic rings. The van der Waals surface area contributed by atoms with Crippen LogP contribution >= 0.6 is 11.8 Å². The fourth-order valence-corrected chi connectivity index (χ4v) is 2.91. The third-order valence-electron chi connectivity index (χ3n) is 2.95. The maximum absolute atomic E-state index is 2.40. The fourth-order valence-electron chi connectivity index (χ4n) is 1.99. The number of hydrogen-bond donors (Lipinski definition) is 0. The van der Waals surface area contributed by atoms with Gasteiger partial charge in [0.15, 0.2) is 0 Å². The number of hydrogen-bond acceptors (Lipinski definition) is 1. The molecule has 1 saturated heterocycles. The third-order valence-corrected chi connectivity index (χ3v) is 4.05. The van der Waals surface area contributed by atoms with E-state index in [9.17, 15) is 0 Å². The maximum Gasteiger partial charge on any atom is 0.0166 e. The van der Waals surface area contributed by atoms with E-state index in [2.05, 4.69) is 18.7 Å². The quantitative estimate of drug-likeness (QED) is 0.559. The molecule has 0 aromatic heterocycles. The standard InChI is InChI=1S/C9H16S.C2H6/c1-7-2-4-8(5-3-7)9-6-10-9;1-2/h7-9H,2-6H2,1H3;1-2H3. The van der Waals surface area contributed by atoms with Crippen LogP contribution in [0.1, 0.15) is 46.5 Å². The molecule has 0 amide bonds. The summed E-state index contributed by atoms with van der Waals surface area (Å²) < 4.78 is 0. The van der Waals surface area contributed by atoms with Crippen molar-refractivity contribution in [2.45, 2.75) is 51.7 Å². The highest BCUT2D eigenvalue weighted by molar-refractivity contribution is 8.06. The van der Waals surface area contributed by atoms with E-state index in [1.54, 1.807) is 0 Å². The van der Waals surface area contributed by atoms with Crippen LogP contribution in [0, 0.1) is 11.8 Å². The highest BCUT2D eigenvalue weighted by Crippen LogP contribution is 2.44. The second-order valence-electron chi connectivity index (χ2n) is 3.89. The average molecular weight is 186 g/mol. The Morgan fingerprint density at radius 2 is 1.50 bits per heavy atom. The topological polar surface area (TPSA) is 0 Å². The van der Waals surface area contributed by atoms with Crippen molar-refractivity contribution in [2.75, 3.05) is 5.75 Å². The lowest BCUT2D eigenvalue weighted by Gasteiger charge is -2.25. The minimum atomic E-state index is 1.03. The molecule has 0 spiro atoms. The van der Waals surface area contributed by atoms with Gasteiger partial charge in [0.2, 0.25) is 0 Å². The van der Waals surface area contributed by atoms with Gasteiger partial charge in [0, 0.05) is 11.0 Å². The second kappa shape index (κ2) is 5.16. The zero-order valence-corrected chi connectivity index (χ0v) is 9.49. The van der Waals surface area contributed by atoms with Crippen LogP contribution in [0.5, 0.6) is 0 Å². The van der Waals surface area contributed by atoms with Crippen LogP contribution in [0.4, 0.5) is 0 Å². The van der Waals surface area contributed by atoms with Crippen molar-refractivity contribution in [3.8, 4) is 0 Å². The van der Waals surface area contributed by atoms with E-state index in [0.29, 0.717) is 0 Å². The van der Waals surface area contributed by atoms with Gasteiger partial charge in [0.25, 0.3) is 0 Å². The van der Waals surface area contributed by atoms with E-state index in [0.717, 1.165) is 17.1 Å². The molecule has 1 aliphatic heterocycles. The summed E-state index contributed by atoms with van der Waals surface area (Å²) in [7, 11) is 0. The van der Waals surface area contributed by atoms with E-state index in [4.69, 9.17) is 0 Å². The summed E-state index contributed by atoms with van der Waals surface area (Å²) in [5, 5.41) is 1.09. The molecule has 0 aromatic carbocycles. The Morgan fingerprint density at radius 1 is 1.00 bits per heavy atom. The highest BCUT2D eigenvalue weighted by atomic mass is 32.2. The van der Waals surface area contributed by atoms with Crippen molar-refractivity contribution in [1.29, 1.82) is 0 Å². The monoisotopic (exact) mass is 186 g/mol. The van der Waals surface area contributed by atoms with Gasteiger partial charge in [-0.3, -0.25) is 0 Å². The summed E-state index contributed by atoms with van der Waals surface area (Å²) in [5.74, 6) is 3.61. The van der Waals surface area contributed by atoms with Crippen molar-refractivity contribution in [1.82, 2.24) is 0 Å². The second-order valence-corrected chi connectivity index (χ2v) is 5.16. The molecule has 0 radical (unpaired) electrons. The Labute approximate surface area is 81.5 Å². The van der Waals surface area contributed by atoms with Crippen LogP contribution in [-0.2, 0) is 0 Å². The zero-order chi connectivity index (χ0) is 8.97. The van der Waals surface area contributed by atoms with Gasteiger partial charge in [-0.15, -0.1) is 0 Å². The smallest absolute Gasteiger partial charge is 0.0166 e. The molecular formula is C11H22S. The van der Waals surface area contributed by atoms with Gasteiger partial charge in [-0.1, -0.05) is 33.6 Å². The van der Waals surface area contributed by atoms with Gasteiger partial charge in [-0.2, -0.15) is 11.8 Å². The van der Waals surface area contributed by atoms with Crippen molar-refractivity contribution in [2.24, 2.45) is 11.8 Å². The van der Waals surface area contributed by atoms with Gasteiger partial charge in [0.05, 0.1) is 0 Å². The first-order valence-electron chi connectivity index (χ1n) is 5.48. The van der Waals surface area contributed by atoms with Crippen LogP contribution in [-0.4, -0.2) is 11.0 Å². The normalized spacial score (nSPS) is 39.8. The van der Waals surface area contributed by atoms with E-state index in [-0.39, 0.29) is 0 Å². The molecule has 1 atom stereocenters. The van der Waals surface area contributed by atoms with Crippen molar-refractivity contribution >= 4 is 11.8 Å². The molecule has 1 unspecified atom stereocenters. The summed E-state index contributed by atoms with van der Waals surface area (Å²) in [6, 6.07) is 0. The van der Waals surface area contributed by atoms with Crippen molar-refractivity contribution < 1.29 is 0 Å². The van der Waals surface area contributed by atoms with Crippen LogP contribution in [0.15, 0.2) is 0 Å². The van der Waals surface area contributed by atoms with E-state index >= 15 is 0 Å². The lowest BCUT2D eigenvalue weighted by Crippen LogP contribution is -2.15. The van der Waals surface area contributed by atoms with Gasteiger partial charge in [-0.05, 0) is 24.7 Å². The summed E-state index contributed by atoms with van der Waals surface area (Å²) in [6.45, 7) is 6.40. The van der Waals surface area contributed by atoms with Crippen LogP contribution in [0.3, 0.4) is 0 Å². The predicted molar refractivity (Wildman–Crippen MR) is 58.7 cm³/mol. The average Bonchev–Trinajstić information content (AvgIpc) is 2.93. The number of rotatable bonds is 1. The lowest BCUT2D eigenvalue weighted by atomic mass is 9.82. The zero-order valence-electron chi connectivity index (χ0n) is 8.68. The Kier molecular flexibility index (Phi) is 4.49. The molecule has 2 fully saturated rings. The molecule has 1 heterocycles. The lowest BCUT2D eigenvalue weighted by molar-refractivity contribution is 0.297. The fraction of sp³-hybridized carbons (Fsp3) is 1.00. The molecular weight excluding hydrogens is 164 g/mol. The van der Waals surface area contributed by atoms with Gasteiger partial charge >= 0.3 is 0 Å². The minimum absolute atomic E-state index is 1.03. The van der Waals surface area contributed by atoms with Gasteiger partial charge in [0.1, 0.15) is 0 Å². The molecule has 0 bridgehead atoms. The van der Waals surface area contributed by atoms with Gasteiger partial charge < -0.3 is 0 Å². The molecule has 0 N–H and O–H groups in total. The largest absolute Gasteiger partial charge is 0.156 e. The first-order valence-corrected chi connectivity index (χ1v) is 6.53.